The molecule has 1 aromatic heterocycles. The number of piperazine rings is 1. The average molecular weight is 537 g/mol. The van der Waals surface area contributed by atoms with Crippen LogP contribution in [0.2, 0.25) is 0 Å². The minimum atomic E-state index is -1.06. The smallest absolute Gasteiger partial charge is 0.407 e. The molecule has 10 heteroatoms. The molecule has 0 saturated carbocycles. The molecule has 10 nitrogen and oxygen atoms in total. The van der Waals surface area contributed by atoms with Gasteiger partial charge in [0.25, 0.3) is 5.91 Å². The molecule has 1 unspecified atom stereocenters. The second-order valence-corrected chi connectivity index (χ2v) is 9.48. The van der Waals surface area contributed by atoms with Gasteiger partial charge in [-0.05, 0) is 17.0 Å². The predicted octanol–water partition coefficient (Wildman–Crippen LogP) is 4.56. The molecule has 0 aliphatic carbocycles. The predicted molar refractivity (Wildman–Crippen MR) is 151 cm³/mol. The van der Waals surface area contributed by atoms with Crippen molar-refractivity contribution in [1.29, 1.82) is 5.26 Å². The standard InChI is InChI=1S/C30H28N6O4/c1-40-23-16-21-9-5-6-10-24(21)25(17-23)33-29(37)26-18-28(34-27(32-26)15-20-7-3-2-4-8-20)35-13-14-36(30(38)39)22(19-35)11-12-31/h2-10,16-18,22H,11,13-15,19H2,1H3,(H,33,37)(H,38,39). The number of fused-ring (bicyclic) bond motifs is 1. The minimum Gasteiger partial charge on any atom is -0.497 e. The van der Waals surface area contributed by atoms with Crippen molar-refractivity contribution in [2.75, 3.05) is 37.0 Å². The maximum Gasteiger partial charge on any atom is 0.407 e. The summed E-state index contributed by atoms with van der Waals surface area (Å²) in [7, 11) is 1.58. The van der Waals surface area contributed by atoms with Crippen molar-refractivity contribution in [3.63, 3.8) is 0 Å². The second kappa shape index (κ2) is 11.7. The normalized spacial score (nSPS) is 14.9. The van der Waals surface area contributed by atoms with E-state index in [2.05, 4.69) is 16.4 Å². The molecular weight excluding hydrogens is 508 g/mol. The van der Waals surface area contributed by atoms with Gasteiger partial charge in [-0.2, -0.15) is 5.26 Å². The van der Waals surface area contributed by atoms with E-state index in [1.54, 1.807) is 19.2 Å². The van der Waals surface area contributed by atoms with Crippen molar-refractivity contribution in [2.45, 2.75) is 18.9 Å². The quantitative estimate of drug-likeness (QED) is 0.351. The van der Waals surface area contributed by atoms with Gasteiger partial charge in [-0.15, -0.1) is 0 Å². The lowest BCUT2D eigenvalue weighted by molar-refractivity contribution is 0.102. The summed E-state index contributed by atoms with van der Waals surface area (Å²) in [5.41, 5.74) is 1.76. The number of rotatable bonds is 7. The Morgan fingerprint density at radius 2 is 1.85 bits per heavy atom. The van der Waals surface area contributed by atoms with Crippen LogP contribution in [0.4, 0.5) is 16.3 Å². The Kier molecular flexibility index (Phi) is 7.73. The fraction of sp³-hybridized carbons (Fsp3) is 0.233. The number of aromatic nitrogens is 2. The lowest BCUT2D eigenvalue weighted by Gasteiger charge is -2.39. The second-order valence-electron chi connectivity index (χ2n) is 9.48. The summed E-state index contributed by atoms with van der Waals surface area (Å²) in [6.45, 7) is 0.873. The summed E-state index contributed by atoms with van der Waals surface area (Å²) in [5.74, 6) is 1.17. The Balaban J connectivity index is 1.50. The summed E-state index contributed by atoms with van der Waals surface area (Å²) in [6, 6.07) is 24.3. The number of carbonyl (C=O) groups excluding carboxylic acids is 1. The fourth-order valence-corrected chi connectivity index (χ4v) is 4.90. The van der Waals surface area contributed by atoms with Crippen LogP contribution in [-0.4, -0.2) is 64.8 Å². The number of carbonyl (C=O) groups is 2. The topological polar surface area (TPSA) is 132 Å². The summed E-state index contributed by atoms with van der Waals surface area (Å²) < 4.78 is 5.44. The first-order valence-electron chi connectivity index (χ1n) is 12.9. The van der Waals surface area contributed by atoms with Crippen LogP contribution in [0.5, 0.6) is 5.75 Å². The Morgan fingerprint density at radius 3 is 2.60 bits per heavy atom. The molecular formula is C30H28N6O4. The zero-order valence-electron chi connectivity index (χ0n) is 21.9. The van der Waals surface area contributed by atoms with Crippen LogP contribution in [0.15, 0.2) is 72.8 Å². The molecule has 3 aromatic carbocycles. The van der Waals surface area contributed by atoms with Crippen molar-refractivity contribution in [3.05, 3.63) is 89.9 Å². The lowest BCUT2D eigenvalue weighted by Crippen LogP contribution is -2.55. The number of nitriles is 1. The number of hydrogen-bond acceptors (Lipinski definition) is 7. The molecule has 0 spiro atoms. The molecule has 1 atom stereocenters. The number of ether oxygens (including phenoxy) is 1. The minimum absolute atomic E-state index is 0.0566. The summed E-state index contributed by atoms with van der Waals surface area (Å²) >= 11 is 0. The third kappa shape index (κ3) is 5.78. The average Bonchev–Trinajstić information content (AvgIpc) is 2.97. The van der Waals surface area contributed by atoms with Gasteiger partial charge < -0.3 is 25.0 Å². The highest BCUT2D eigenvalue weighted by Gasteiger charge is 2.31. The Labute approximate surface area is 231 Å². The van der Waals surface area contributed by atoms with E-state index in [0.717, 1.165) is 16.3 Å². The van der Waals surface area contributed by atoms with Crippen LogP contribution >= 0.6 is 0 Å². The number of anilines is 2. The van der Waals surface area contributed by atoms with Crippen molar-refractivity contribution in [2.24, 2.45) is 0 Å². The van der Waals surface area contributed by atoms with E-state index in [4.69, 9.17) is 9.72 Å². The van der Waals surface area contributed by atoms with E-state index in [0.29, 0.717) is 36.0 Å². The molecule has 2 N–H and O–H groups in total. The molecule has 0 radical (unpaired) electrons. The zero-order chi connectivity index (χ0) is 28.1. The number of carboxylic acid groups (broad SMARTS) is 1. The molecule has 4 aromatic rings. The van der Waals surface area contributed by atoms with Crippen molar-refractivity contribution < 1.29 is 19.4 Å². The van der Waals surface area contributed by atoms with Gasteiger partial charge in [0.1, 0.15) is 23.1 Å². The molecule has 0 bridgehead atoms. The van der Waals surface area contributed by atoms with Gasteiger partial charge in [0.2, 0.25) is 0 Å². The van der Waals surface area contributed by atoms with Crippen molar-refractivity contribution in [1.82, 2.24) is 14.9 Å². The van der Waals surface area contributed by atoms with E-state index < -0.39 is 18.0 Å². The van der Waals surface area contributed by atoms with Crippen LogP contribution in [0, 0.1) is 11.3 Å². The molecule has 202 valence electrons. The van der Waals surface area contributed by atoms with Crippen molar-refractivity contribution >= 4 is 34.3 Å². The Hall–Kier alpha value is -5.17. The molecule has 2 amide bonds. The first-order chi connectivity index (χ1) is 19.4. The summed E-state index contributed by atoms with van der Waals surface area (Å²) in [5, 5.41) is 23.6. The van der Waals surface area contributed by atoms with Crippen LogP contribution in [0.1, 0.15) is 28.3 Å². The Bertz CT molecular complexity index is 1590. The lowest BCUT2D eigenvalue weighted by atomic mass is 10.1. The third-order valence-corrected chi connectivity index (χ3v) is 6.90. The first-order valence-corrected chi connectivity index (χ1v) is 12.9. The SMILES string of the molecule is COc1cc(NC(=O)c2cc(N3CCN(C(=O)O)C(CC#N)C3)nc(Cc3ccccc3)n2)c2ccccc2c1. The summed E-state index contributed by atoms with van der Waals surface area (Å²) in [4.78, 5) is 37.9. The highest BCUT2D eigenvalue weighted by atomic mass is 16.5. The zero-order valence-corrected chi connectivity index (χ0v) is 21.9. The number of amides is 2. The molecule has 1 saturated heterocycles. The third-order valence-electron chi connectivity index (χ3n) is 6.90. The van der Waals surface area contributed by atoms with Gasteiger partial charge in [-0.3, -0.25) is 4.79 Å². The largest absolute Gasteiger partial charge is 0.497 e. The van der Waals surface area contributed by atoms with Gasteiger partial charge in [-0.1, -0.05) is 54.6 Å². The van der Waals surface area contributed by atoms with E-state index in [1.807, 2.05) is 65.6 Å². The van der Waals surface area contributed by atoms with Gasteiger partial charge in [0.05, 0.1) is 31.3 Å². The number of methoxy groups -OCH3 is 1. The van der Waals surface area contributed by atoms with Crippen LogP contribution in [-0.2, 0) is 6.42 Å². The molecule has 1 fully saturated rings. The summed E-state index contributed by atoms with van der Waals surface area (Å²) in [6.07, 6.45) is -0.590. The van der Waals surface area contributed by atoms with Gasteiger partial charge in [0, 0.05) is 43.6 Å². The van der Waals surface area contributed by atoms with Crippen LogP contribution < -0.4 is 15.0 Å². The van der Waals surface area contributed by atoms with E-state index in [1.165, 1.54) is 4.90 Å². The highest BCUT2D eigenvalue weighted by molar-refractivity contribution is 6.09. The molecule has 2 heterocycles. The van der Waals surface area contributed by atoms with Crippen LogP contribution in [0.25, 0.3) is 10.8 Å². The Morgan fingerprint density at radius 1 is 1.07 bits per heavy atom. The number of hydrogen-bond donors (Lipinski definition) is 2. The molecule has 40 heavy (non-hydrogen) atoms. The fourth-order valence-electron chi connectivity index (χ4n) is 4.90. The molecule has 1 aliphatic rings. The van der Waals surface area contributed by atoms with Crippen molar-refractivity contribution in [3.8, 4) is 11.8 Å². The number of benzene rings is 3. The maximum absolute atomic E-state index is 13.6. The van der Waals surface area contributed by atoms with Gasteiger partial charge >= 0.3 is 6.09 Å². The molecule has 1 aliphatic heterocycles. The first kappa shape index (κ1) is 26.4. The van der Waals surface area contributed by atoms with E-state index >= 15 is 0 Å². The maximum atomic E-state index is 13.6. The monoisotopic (exact) mass is 536 g/mol. The van der Waals surface area contributed by atoms with Gasteiger partial charge in [-0.25, -0.2) is 14.8 Å². The van der Waals surface area contributed by atoms with Crippen LogP contribution in [0.3, 0.4) is 0 Å². The number of nitrogens with one attached hydrogen (secondary N) is 1. The number of nitrogens with zero attached hydrogens (tertiary/aromatic N) is 5. The van der Waals surface area contributed by atoms with Gasteiger partial charge in [0.15, 0.2) is 0 Å². The van der Waals surface area contributed by atoms with E-state index in [9.17, 15) is 20.0 Å². The van der Waals surface area contributed by atoms with E-state index in [-0.39, 0.29) is 25.2 Å². The molecule has 5 rings (SSSR count). The highest BCUT2D eigenvalue weighted by Crippen LogP contribution is 2.30.